The highest BCUT2D eigenvalue weighted by molar-refractivity contribution is 7.99. The number of benzene rings is 2. The molecule has 8 heteroatoms. The van der Waals surface area contributed by atoms with Crippen LogP contribution in [-0.4, -0.2) is 32.3 Å². The minimum atomic E-state index is -0.118. The molecule has 0 spiro atoms. The second kappa shape index (κ2) is 10.2. The van der Waals surface area contributed by atoms with Crippen LogP contribution in [0.1, 0.15) is 74.0 Å². The Morgan fingerprint density at radius 1 is 1.09 bits per heavy atom. The fourth-order valence-corrected chi connectivity index (χ4v) is 5.44. The van der Waals surface area contributed by atoms with Gasteiger partial charge in [-0.15, -0.1) is 10.2 Å². The Kier molecular flexibility index (Phi) is 6.90. The zero-order chi connectivity index (χ0) is 24.4. The minimum absolute atomic E-state index is 0.0326. The van der Waals surface area contributed by atoms with E-state index in [4.69, 9.17) is 0 Å². The first kappa shape index (κ1) is 23.6. The Hall–Kier alpha value is -3.13. The van der Waals surface area contributed by atoms with Gasteiger partial charge in [-0.1, -0.05) is 36.0 Å². The van der Waals surface area contributed by atoms with Crippen LogP contribution in [0, 0.1) is 0 Å². The number of aromatic nitrogens is 3. The van der Waals surface area contributed by atoms with Gasteiger partial charge in [-0.05, 0) is 80.3 Å². The third-order valence-electron chi connectivity index (χ3n) is 6.61. The number of anilines is 1. The smallest absolute Gasteiger partial charge is 0.230 e. The van der Waals surface area contributed by atoms with Gasteiger partial charge in [0.05, 0.1) is 17.5 Å². The molecule has 182 valence electrons. The van der Waals surface area contributed by atoms with E-state index in [0.717, 1.165) is 48.4 Å². The molecule has 1 saturated carbocycles. The maximum atomic E-state index is 12.8. The highest BCUT2D eigenvalue weighted by Crippen LogP contribution is 2.41. The number of nitrogens with one attached hydrogen (secondary N) is 2. The van der Waals surface area contributed by atoms with Crippen LogP contribution in [0.3, 0.4) is 0 Å². The summed E-state index contributed by atoms with van der Waals surface area (Å²) in [6.07, 6.45) is 6.97. The predicted octanol–water partition coefficient (Wildman–Crippen LogP) is 4.95. The molecule has 1 aromatic heterocycles. The van der Waals surface area contributed by atoms with E-state index in [2.05, 4.69) is 39.0 Å². The number of hydrogen-bond donors (Lipinski definition) is 2. The van der Waals surface area contributed by atoms with Crippen LogP contribution in [0.15, 0.2) is 47.6 Å². The number of hydrogen-bond acceptors (Lipinski definition) is 5. The zero-order valence-corrected chi connectivity index (χ0v) is 21.0. The van der Waals surface area contributed by atoms with Gasteiger partial charge in [-0.25, -0.2) is 0 Å². The predicted molar refractivity (Wildman–Crippen MR) is 138 cm³/mol. The molecule has 0 saturated heterocycles. The maximum Gasteiger partial charge on any atom is 0.230 e. The quantitative estimate of drug-likeness (QED) is 0.437. The van der Waals surface area contributed by atoms with E-state index in [1.807, 2.05) is 35.8 Å². The highest BCUT2D eigenvalue weighted by Gasteiger charge is 2.31. The van der Waals surface area contributed by atoms with Gasteiger partial charge in [0.2, 0.25) is 11.8 Å². The lowest BCUT2D eigenvalue weighted by Gasteiger charge is -2.20. The summed E-state index contributed by atoms with van der Waals surface area (Å²) in [5.74, 6) is 1.40. The standard InChI is InChI=1S/C27H31N5O2S/c1-17(21-13-10-19-6-3-4-7-22(19)14-21)28-25(34)16-35-27-31-30-26(20-11-12-20)32(27)24-9-5-8-23(15-24)29-18(2)33/h5,8-10,13-15,17,20H,3-4,6-7,11-12,16H2,1-2H3,(H,28,34)(H,29,33). The summed E-state index contributed by atoms with van der Waals surface area (Å²) in [4.78, 5) is 24.3. The fraction of sp³-hybridized carbons (Fsp3) is 0.407. The van der Waals surface area contributed by atoms with Crippen LogP contribution in [0.5, 0.6) is 0 Å². The number of carbonyl (C=O) groups is 2. The molecule has 0 bridgehead atoms. The van der Waals surface area contributed by atoms with Crippen LogP contribution in [-0.2, 0) is 22.4 Å². The van der Waals surface area contributed by atoms with Crippen molar-refractivity contribution in [1.29, 1.82) is 0 Å². The molecule has 0 radical (unpaired) electrons. The molecule has 2 N–H and O–H groups in total. The van der Waals surface area contributed by atoms with Crippen molar-refractivity contribution in [2.45, 2.75) is 69.5 Å². The van der Waals surface area contributed by atoms with Crippen LogP contribution in [0.2, 0.25) is 0 Å². The fourth-order valence-electron chi connectivity index (χ4n) is 4.67. The lowest BCUT2D eigenvalue weighted by atomic mass is 9.89. The van der Waals surface area contributed by atoms with Crippen LogP contribution in [0.25, 0.3) is 5.69 Å². The van der Waals surface area contributed by atoms with Crippen LogP contribution in [0.4, 0.5) is 5.69 Å². The van der Waals surface area contributed by atoms with Crippen molar-refractivity contribution >= 4 is 29.3 Å². The number of amides is 2. The van der Waals surface area contributed by atoms with E-state index in [1.54, 1.807) is 0 Å². The molecule has 1 unspecified atom stereocenters. The van der Waals surface area contributed by atoms with Gasteiger partial charge in [0, 0.05) is 18.5 Å². The van der Waals surface area contributed by atoms with Crippen molar-refractivity contribution < 1.29 is 9.59 Å². The molecule has 2 aliphatic carbocycles. The number of rotatable bonds is 8. The number of fused-ring (bicyclic) bond motifs is 1. The first-order valence-electron chi connectivity index (χ1n) is 12.3. The molecule has 1 heterocycles. The van der Waals surface area contributed by atoms with Gasteiger partial charge in [0.25, 0.3) is 0 Å². The number of aryl methyl sites for hydroxylation is 2. The number of carbonyl (C=O) groups excluding carboxylic acids is 2. The Morgan fingerprint density at radius 3 is 2.66 bits per heavy atom. The maximum absolute atomic E-state index is 12.8. The normalized spacial score (nSPS) is 15.8. The topological polar surface area (TPSA) is 88.9 Å². The second-order valence-corrected chi connectivity index (χ2v) is 10.4. The summed E-state index contributed by atoms with van der Waals surface area (Å²) in [7, 11) is 0. The third-order valence-corrected chi connectivity index (χ3v) is 7.54. The van der Waals surface area contributed by atoms with Crippen molar-refractivity contribution in [3.63, 3.8) is 0 Å². The van der Waals surface area contributed by atoms with Gasteiger partial charge in [0.1, 0.15) is 5.82 Å². The second-order valence-electron chi connectivity index (χ2n) is 9.50. The Morgan fingerprint density at radius 2 is 1.89 bits per heavy atom. The largest absolute Gasteiger partial charge is 0.349 e. The molecule has 1 fully saturated rings. The van der Waals surface area contributed by atoms with Crippen molar-refractivity contribution in [3.05, 3.63) is 65.0 Å². The van der Waals surface area contributed by atoms with Crippen LogP contribution >= 0.6 is 11.8 Å². The van der Waals surface area contributed by atoms with E-state index in [1.165, 1.54) is 42.7 Å². The average molecular weight is 490 g/mol. The summed E-state index contributed by atoms with van der Waals surface area (Å²) >= 11 is 1.39. The molecule has 2 amide bonds. The van der Waals surface area contributed by atoms with Crippen molar-refractivity contribution in [2.24, 2.45) is 0 Å². The van der Waals surface area contributed by atoms with E-state index < -0.39 is 0 Å². The first-order valence-corrected chi connectivity index (χ1v) is 13.3. The summed E-state index contributed by atoms with van der Waals surface area (Å²) in [6.45, 7) is 3.53. The monoisotopic (exact) mass is 489 g/mol. The first-order chi connectivity index (χ1) is 17.0. The van der Waals surface area contributed by atoms with E-state index in [9.17, 15) is 9.59 Å². The summed E-state index contributed by atoms with van der Waals surface area (Å²) < 4.78 is 2.02. The van der Waals surface area contributed by atoms with Gasteiger partial charge in [0.15, 0.2) is 5.16 Å². The zero-order valence-electron chi connectivity index (χ0n) is 20.2. The van der Waals surface area contributed by atoms with Gasteiger partial charge < -0.3 is 10.6 Å². The summed E-state index contributed by atoms with van der Waals surface area (Å²) in [6, 6.07) is 14.2. The number of thioether (sulfide) groups is 1. The number of nitrogens with zero attached hydrogens (tertiary/aromatic N) is 3. The van der Waals surface area contributed by atoms with Crippen molar-refractivity contribution in [2.75, 3.05) is 11.1 Å². The lowest BCUT2D eigenvalue weighted by Crippen LogP contribution is -2.28. The third kappa shape index (κ3) is 5.59. The molecular weight excluding hydrogens is 458 g/mol. The van der Waals surface area contributed by atoms with E-state index in [0.29, 0.717) is 11.1 Å². The van der Waals surface area contributed by atoms with Gasteiger partial charge in [-0.3, -0.25) is 14.2 Å². The Balaban J connectivity index is 1.28. The van der Waals surface area contributed by atoms with E-state index >= 15 is 0 Å². The molecular formula is C27H31N5O2S. The minimum Gasteiger partial charge on any atom is -0.349 e. The molecule has 7 nitrogen and oxygen atoms in total. The molecule has 5 rings (SSSR count). The highest BCUT2D eigenvalue weighted by atomic mass is 32.2. The van der Waals surface area contributed by atoms with Crippen molar-refractivity contribution in [1.82, 2.24) is 20.1 Å². The Bertz CT molecular complexity index is 1250. The average Bonchev–Trinajstić information content (AvgIpc) is 3.61. The van der Waals surface area contributed by atoms with E-state index in [-0.39, 0.29) is 23.6 Å². The summed E-state index contributed by atoms with van der Waals surface area (Å²) in [5, 5.41) is 15.5. The molecule has 35 heavy (non-hydrogen) atoms. The SMILES string of the molecule is CC(=O)Nc1cccc(-n2c(SCC(=O)NC(C)c3ccc4c(c3)CCCC4)nnc2C2CC2)c1. The molecule has 3 aromatic rings. The van der Waals surface area contributed by atoms with Crippen LogP contribution < -0.4 is 10.6 Å². The molecule has 0 aliphatic heterocycles. The Labute approximate surface area is 210 Å². The molecule has 1 atom stereocenters. The lowest BCUT2D eigenvalue weighted by molar-refractivity contribution is -0.119. The van der Waals surface area contributed by atoms with Gasteiger partial charge >= 0.3 is 0 Å². The molecule has 2 aromatic carbocycles. The van der Waals surface area contributed by atoms with Crippen molar-refractivity contribution in [3.8, 4) is 5.69 Å². The molecule has 2 aliphatic rings. The van der Waals surface area contributed by atoms with Gasteiger partial charge in [-0.2, -0.15) is 0 Å². The summed E-state index contributed by atoms with van der Waals surface area (Å²) in [5.41, 5.74) is 5.62.